The van der Waals surface area contributed by atoms with Crippen molar-refractivity contribution in [2.75, 3.05) is 13.1 Å². The standard InChI is InChI=1S/C21H22N4O2/c1-13-6-8-22-17(10-13)15-7-9-24(12-15)20(26)14-2-5-19-18(11-14)23-21(27)25(19)16-3-4-16/h2,5-6,8,10-11,15-16H,3-4,7,9,12H2,1H3,(H,23,27). The van der Waals surface area contributed by atoms with E-state index in [-0.39, 0.29) is 17.5 Å². The molecule has 1 aliphatic heterocycles. The second-order valence-corrected chi connectivity index (χ2v) is 7.76. The topological polar surface area (TPSA) is 71.0 Å². The van der Waals surface area contributed by atoms with Crippen LogP contribution >= 0.6 is 0 Å². The molecule has 1 unspecified atom stereocenters. The molecule has 0 radical (unpaired) electrons. The molecule has 1 atom stereocenters. The summed E-state index contributed by atoms with van der Waals surface area (Å²) in [6, 6.07) is 9.97. The molecule has 3 aromatic rings. The number of nitrogens with zero attached hydrogens (tertiary/aromatic N) is 3. The molecule has 1 aliphatic carbocycles. The van der Waals surface area contributed by atoms with Crippen LogP contribution in [0.3, 0.4) is 0 Å². The van der Waals surface area contributed by atoms with Gasteiger partial charge >= 0.3 is 5.69 Å². The van der Waals surface area contributed by atoms with Crippen LogP contribution < -0.4 is 5.69 Å². The lowest BCUT2D eigenvalue weighted by atomic mass is 10.0. The smallest absolute Gasteiger partial charge is 0.326 e. The summed E-state index contributed by atoms with van der Waals surface area (Å²) >= 11 is 0. The Morgan fingerprint density at radius 1 is 1.19 bits per heavy atom. The van der Waals surface area contributed by atoms with Crippen LogP contribution in [0.4, 0.5) is 0 Å². The number of hydrogen-bond acceptors (Lipinski definition) is 3. The third-order valence-corrected chi connectivity index (χ3v) is 5.71. The number of likely N-dealkylation sites (tertiary alicyclic amines) is 1. The van der Waals surface area contributed by atoms with Crippen molar-refractivity contribution in [2.45, 2.75) is 38.1 Å². The number of pyridine rings is 1. The van der Waals surface area contributed by atoms with Crippen LogP contribution in [0.5, 0.6) is 0 Å². The molecule has 0 spiro atoms. The van der Waals surface area contributed by atoms with E-state index in [0.717, 1.165) is 42.5 Å². The van der Waals surface area contributed by atoms with Gasteiger partial charge in [-0.15, -0.1) is 0 Å². The van der Waals surface area contributed by atoms with Gasteiger partial charge in [0.15, 0.2) is 0 Å². The molecule has 2 aliphatic rings. The predicted octanol–water partition coefficient (Wildman–Crippen LogP) is 3.00. The van der Waals surface area contributed by atoms with Crippen LogP contribution in [0.2, 0.25) is 0 Å². The van der Waals surface area contributed by atoms with Crippen molar-refractivity contribution >= 4 is 16.9 Å². The van der Waals surface area contributed by atoms with Crippen LogP contribution in [0.1, 0.15) is 52.8 Å². The molecule has 1 amide bonds. The van der Waals surface area contributed by atoms with Gasteiger partial charge < -0.3 is 9.88 Å². The Balaban J connectivity index is 1.39. The highest BCUT2D eigenvalue weighted by atomic mass is 16.2. The highest BCUT2D eigenvalue weighted by Crippen LogP contribution is 2.36. The number of nitrogens with one attached hydrogen (secondary N) is 1. The summed E-state index contributed by atoms with van der Waals surface area (Å²) in [6.45, 7) is 3.48. The Kier molecular flexibility index (Phi) is 3.67. The van der Waals surface area contributed by atoms with E-state index in [4.69, 9.17) is 0 Å². The summed E-state index contributed by atoms with van der Waals surface area (Å²) in [7, 11) is 0. The molecule has 2 aromatic heterocycles. The van der Waals surface area contributed by atoms with Crippen molar-refractivity contribution in [3.05, 3.63) is 63.8 Å². The molecule has 1 N–H and O–H groups in total. The molecule has 27 heavy (non-hydrogen) atoms. The number of rotatable bonds is 3. The molecule has 1 saturated heterocycles. The molecule has 3 heterocycles. The van der Waals surface area contributed by atoms with Crippen molar-refractivity contribution in [1.29, 1.82) is 0 Å². The fourth-order valence-corrected chi connectivity index (χ4v) is 4.11. The monoisotopic (exact) mass is 362 g/mol. The fraction of sp³-hybridized carbons (Fsp3) is 0.381. The molecular formula is C21H22N4O2. The lowest BCUT2D eigenvalue weighted by Crippen LogP contribution is -2.28. The van der Waals surface area contributed by atoms with Crippen LogP contribution in [0, 0.1) is 6.92 Å². The molecule has 5 rings (SSSR count). The van der Waals surface area contributed by atoms with Crippen molar-refractivity contribution in [1.82, 2.24) is 19.4 Å². The third kappa shape index (κ3) is 2.85. The minimum Gasteiger partial charge on any atom is -0.338 e. The molecule has 138 valence electrons. The number of benzene rings is 1. The van der Waals surface area contributed by atoms with E-state index in [2.05, 4.69) is 23.0 Å². The maximum atomic E-state index is 13.0. The number of aromatic nitrogens is 3. The van der Waals surface area contributed by atoms with Gasteiger partial charge in [-0.3, -0.25) is 14.3 Å². The van der Waals surface area contributed by atoms with Crippen molar-refractivity contribution in [3.8, 4) is 0 Å². The average molecular weight is 362 g/mol. The SMILES string of the molecule is Cc1ccnc(C2CCN(C(=O)c3ccc4c(c3)[nH]c(=O)n4C3CC3)C2)c1. The first kappa shape index (κ1) is 16.3. The Hall–Kier alpha value is -2.89. The van der Waals surface area contributed by atoms with E-state index in [9.17, 15) is 9.59 Å². The molecule has 6 heteroatoms. The highest BCUT2D eigenvalue weighted by Gasteiger charge is 2.30. The lowest BCUT2D eigenvalue weighted by molar-refractivity contribution is 0.0791. The quantitative estimate of drug-likeness (QED) is 0.779. The summed E-state index contributed by atoms with van der Waals surface area (Å²) in [5, 5.41) is 0. The van der Waals surface area contributed by atoms with E-state index < -0.39 is 0 Å². The minimum atomic E-state index is -0.0798. The molecule has 1 aromatic carbocycles. The van der Waals surface area contributed by atoms with Crippen molar-refractivity contribution in [3.63, 3.8) is 0 Å². The summed E-state index contributed by atoms with van der Waals surface area (Å²) in [5.74, 6) is 0.306. The van der Waals surface area contributed by atoms with E-state index in [1.54, 1.807) is 0 Å². The van der Waals surface area contributed by atoms with Gasteiger partial charge in [-0.25, -0.2) is 4.79 Å². The van der Waals surface area contributed by atoms with Crippen LogP contribution in [0.25, 0.3) is 11.0 Å². The number of hydrogen-bond donors (Lipinski definition) is 1. The molecular weight excluding hydrogens is 340 g/mol. The number of amides is 1. The zero-order valence-corrected chi connectivity index (χ0v) is 15.3. The Morgan fingerprint density at radius 2 is 2.04 bits per heavy atom. The molecule has 0 bridgehead atoms. The van der Waals surface area contributed by atoms with Gasteiger partial charge in [0.25, 0.3) is 5.91 Å². The van der Waals surface area contributed by atoms with E-state index in [1.165, 1.54) is 5.56 Å². The average Bonchev–Trinajstić information content (AvgIpc) is 3.26. The van der Waals surface area contributed by atoms with E-state index in [0.29, 0.717) is 18.2 Å². The molecule has 6 nitrogen and oxygen atoms in total. The first-order valence-corrected chi connectivity index (χ1v) is 9.56. The lowest BCUT2D eigenvalue weighted by Gasteiger charge is -2.17. The maximum absolute atomic E-state index is 13.0. The van der Waals surface area contributed by atoms with Gasteiger partial charge in [-0.1, -0.05) is 0 Å². The van der Waals surface area contributed by atoms with Crippen LogP contribution in [-0.4, -0.2) is 38.4 Å². The van der Waals surface area contributed by atoms with Gasteiger partial charge in [0.1, 0.15) is 0 Å². The normalized spacial score (nSPS) is 19.7. The Bertz CT molecular complexity index is 1090. The third-order valence-electron chi connectivity index (χ3n) is 5.71. The van der Waals surface area contributed by atoms with Gasteiger partial charge in [0, 0.05) is 42.5 Å². The van der Waals surface area contributed by atoms with Gasteiger partial charge in [-0.2, -0.15) is 0 Å². The largest absolute Gasteiger partial charge is 0.338 e. The molecule has 2 fully saturated rings. The van der Waals surface area contributed by atoms with Crippen molar-refractivity contribution < 1.29 is 4.79 Å². The van der Waals surface area contributed by atoms with Gasteiger partial charge in [0.2, 0.25) is 0 Å². The first-order chi connectivity index (χ1) is 13.1. The first-order valence-electron chi connectivity index (χ1n) is 9.56. The van der Waals surface area contributed by atoms with Crippen molar-refractivity contribution in [2.24, 2.45) is 0 Å². The van der Waals surface area contributed by atoms with Crippen LogP contribution in [-0.2, 0) is 0 Å². The number of carbonyl (C=O) groups is 1. The van der Waals surface area contributed by atoms with E-state index >= 15 is 0 Å². The Labute approximate surface area is 156 Å². The number of H-pyrrole nitrogens is 1. The van der Waals surface area contributed by atoms with Gasteiger partial charge in [0.05, 0.1) is 11.0 Å². The summed E-state index contributed by atoms with van der Waals surface area (Å²) in [6.07, 6.45) is 4.87. The maximum Gasteiger partial charge on any atom is 0.326 e. The number of aryl methyl sites for hydroxylation is 1. The van der Waals surface area contributed by atoms with Gasteiger partial charge in [-0.05, 0) is 62.1 Å². The fourth-order valence-electron chi connectivity index (χ4n) is 4.11. The highest BCUT2D eigenvalue weighted by molar-refractivity contribution is 5.97. The zero-order valence-electron chi connectivity index (χ0n) is 15.3. The number of fused-ring (bicyclic) bond motifs is 1. The number of carbonyl (C=O) groups excluding carboxylic acids is 1. The Morgan fingerprint density at radius 3 is 2.81 bits per heavy atom. The second-order valence-electron chi connectivity index (χ2n) is 7.76. The summed E-state index contributed by atoms with van der Waals surface area (Å²) in [4.78, 5) is 34.4. The summed E-state index contributed by atoms with van der Waals surface area (Å²) in [5.41, 5.74) is 4.44. The number of aromatic amines is 1. The molecule has 1 saturated carbocycles. The number of imidazole rings is 1. The minimum absolute atomic E-state index is 0.0204. The second kappa shape index (κ2) is 6.08. The van der Waals surface area contributed by atoms with E-state index in [1.807, 2.05) is 39.9 Å². The summed E-state index contributed by atoms with van der Waals surface area (Å²) < 4.78 is 1.82. The van der Waals surface area contributed by atoms with Crippen LogP contribution in [0.15, 0.2) is 41.3 Å². The zero-order chi connectivity index (χ0) is 18.5. The predicted molar refractivity (Wildman–Crippen MR) is 103 cm³/mol.